The standard InChI is InChI=1S/C22H33BO3Si/c1-20(2,27(7,8)24)15-16-13-14-19(18-12-10-9-11-17(16)18)23-25-21(3,4)22(5,6)26-23/h9-14,24H,15H2,1-8H3. The minimum atomic E-state index is -2.28. The zero-order valence-electron chi connectivity index (χ0n) is 18.0. The minimum Gasteiger partial charge on any atom is -0.432 e. The van der Waals surface area contributed by atoms with Crippen LogP contribution in [0.15, 0.2) is 36.4 Å². The van der Waals surface area contributed by atoms with Crippen LogP contribution in [0.25, 0.3) is 10.8 Å². The molecule has 1 aliphatic rings. The number of fused-ring (bicyclic) bond motifs is 1. The van der Waals surface area contributed by atoms with Crippen LogP contribution in [0.2, 0.25) is 18.1 Å². The molecule has 1 heterocycles. The van der Waals surface area contributed by atoms with E-state index >= 15 is 0 Å². The molecule has 1 N–H and O–H groups in total. The van der Waals surface area contributed by atoms with Crippen LogP contribution >= 0.6 is 0 Å². The highest BCUT2D eigenvalue weighted by molar-refractivity contribution is 6.73. The quantitative estimate of drug-likeness (QED) is 0.780. The second-order valence-corrected chi connectivity index (χ2v) is 14.5. The summed E-state index contributed by atoms with van der Waals surface area (Å²) >= 11 is 0. The first-order valence-electron chi connectivity index (χ1n) is 9.84. The summed E-state index contributed by atoms with van der Waals surface area (Å²) in [7, 11) is -2.65. The van der Waals surface area contributed by atoms with Crippen LogP contribution in [-0.4, -0.2) is 31.4 Å². The summed E-state index contributed by atoms with van der Waals surface area (Å²) in [4.78, 5) is 10.7. The molecule has 0 spiro atoms. The summed E-state index contributed by atoms with van der Waals surface area (Å²) in [6.45, 7) is 16.7. The van der Waals surface area contributed by atoms with Crippen molar-refractivity contribution in [3.05, 3.63) is 42.0 Å². The third kappa shape index (κ3) is 3.63. The van der Waals surface area contributed by atoms with Crippen molar-refractivity contribution in [2.75, 3.05) is 0 Å². The Balaban J connectivity index is 2.05. The zero-order chi connectivity index (χ0) is 20.3. The first-order valence-corrected chi connectivity index (χ1v) is 12.8. The average molecular weight is 384 g/mol. The van der Waals surface area contributed by atoms with Crippen molar-refractivity contribution in [3.8, 4) is 0 Å². The average Bonchev–Trinajstić information content (AvgIpc) is 2.74. The molecule has 0 atom stereocenters. The lowest BCUT2D eigenvalue weighted by Crippen LogP contribution is -2.41. The molecule has 0 amide bonds. The van der Waals surface area contributed by atoms with E-state index in [2.05, 4.69) is 77.9 Å². The zero-order valence-corrected chi connectivity index (χ0v) is 19.0. The third-order valence-corrected chi connectivity index (χ3v) is 10.3. The molecule has 0 bridgehead atoms. The third-order valence-electron chi connectivity index (χ3n) is 6.84. The minimum absolute atomic E-state index is 0.109. The Morgan fingerprint density at radius 1 is 0.926 bits per heavy atom. The summed E-state index contributed by atoms with van der Waals surface area (Å²) in [6, 6.07) is 12.8. The Morgan fingerprint density at radius 2 is 1.44 bits per heavy atom. The number of hydrogen-bond donors (Lipinski definition) is 1. The molecule has 2 aromatic rings. The molecule has 0 saturated carbocycles. The monoisotopic (exact) mass is 384 g/mol. The van der Waals surface area contributed by atoms with Gasteiger partial charge in [-0.15, -0.1) is 0 Å². The van der Waals surface area contributed by atoms with Gasteiger partial charge in [-0.25, -0.2) is 0 Å². The van der Waals surface area contributed by atoms with Crippen molar-refractivity contribution in [3.63, 3.8) is 0 Å². The molecule has 1 fully saturated rings. The van der Waals surface area contributed by atoms with Crippen LogP contribution in [0.1, 0.15) is 47.1 Å². The molecule has 3 nitrogen and oxygen atoms in total. The summed E-state index contributed by atoms with van der Waals surface area (Å²) < 4.78 is 12.6. The van der Waals surface area contributed by atoms with E-state index in [0.29, 0.717) is 0 Å². The Morgan fingerprint density at radius 3 is 1.96 bits per heavy atom. The van der Waals surface area contributed by atoms with Crippen LogP contribution in [-0.2, 0) is 15.7 Å². The van der Waals surface area contributed by atoms with Crippen molar-refractivity contribution in [2.45, 2.75) is 77.3 Å². The Labute approximate surface area is 165 Å². The molecule has 27 heavy (non-hydrogen) atoms. The van der Waals surface area contributed by atoms with Gasteiger partial charge in [-0.3, -0.25) is 0 Å². The van der Waals surface area contributed by atoms with E-state index in [4.69, 9.17) is 9.31 Å². The maximum atomic E-state index is 10.7. The maximum absolute atomic E-state index is 10.7. The van der Waals surface area contributed by atoms with Gasteiger partial charge < -0.3 is 14.1 Å². The fourth-order valence-corrected chi connectivity index (χ4v) is 4.03. The predicted octanol–water partition coefficient (Wildman–Crippen LogP) is 4.66. The fraction of sp³-hybridized carbons (Fsp3) is 0.545. The molecule has 1 saturated heterocycles. The number of rotatable bonds is 4. The first-order chi connectivity index (χ1) is 12.3. The van der Waals surface area contributed by atoms with E-state index in [9.17, 15) is 4.80 Å². The molecule has 3 rings (SSSR count). The van der Waals surface area contributed by atoms with Crippen LogP contribution in [0.5, 0.6) is 0 Å². The molecule has 5 heteroatoms. The van der Waals surface area contributed by atoms with E-state index in [0.717, 1.165) is 11.9 Å². The van der Waals surface area contributed by atoms with Gasteiger partial charge in [0.05, 0.1) is 11.2 Å². The van der Waals surface area contributed by atoms with E-state index in [1.807, 2.05) is 13.1 Å². The van der Waals surface area contributed by atoms with Gasteiger partial charge in [-0.2, -0.15) is 0 Å². The van der Waals surface area contributed by atoms with Crippen molar-refractivity contribution in [2.24, 2.45) is 0 Å². The highest BCUT2D eigenvalue weighted by Crippen LogP contribution is 2.41. The molecular weight excluding hydrogens is 351 g/mol. The van der Waals surface area contributed by atoms with E-state index in [1.165, 1.54) is 16.3 Å². The first kappa shape index (κ1) is 20.6. The summed E-state index contributed by atoms with van der Waals surface area (Å²) in [5, 5.41) is 2.28. The van der Waals surface area contributed by atoms with Crippen molar-refractivity contribution in [1.82, 2.24) is 0 Å². The molecule has 0 aromatic heterocycles. The number of hydrogen-bond acceptors (Lipinski definition) is 3. The van der Waals surface area contributed by atoms with Crippen molar-refractivity contribution in [1.29, 1.82) is 0 Å². The lowest BCUT2D eigenvalue weighted by Gasteiger charge is -2.35. The van der Waals surface area contributed by atoms with Gasteiger partial charge in [0.2, 0.25) is 0 Å². The Bertz CT molecular complexity index is 836. The molecule has 0 unspecified atom stereocenters. The highest BCUT2D eigenvalue weighted by atomic mass is 28.4. The highest BCUT2D eigenvalue weighted by Gasteiger charge is 2.52. The lowest BCUT2D eigenvalue weighted by atomic mass is 9.75. The maximum Gasteiger partial charge on any atom is 0.495 e. The SMILES string of the molecule is CC1(C)OB(c2ccc(CC(C)(C)[Si](C)(C)O)c3ccccc23)OC1(C)C. The summed E-state index contributed by atoms with van der Waals surface area (Å²) in [5.41, 5.74) is 1.63. The summed E-state index contributed by atoms with van der Waals surface area (Å²) in [6.07, 6.45) is 0.854. The predicted molar refractivity (Wildman–Crippen MR) is 117 cm³/mol. The fourth-order valence-electron chi connectivity index (χ4n) is 3.41. The van der Waals surface area contributed by atoms with Crippen molar-refractivity contribution < 1.29 is 14.1 Å². The normalized spacial score (nSPS) is 19.7. The molecular formula is C22H33BO3Si. The van der Waals surface area contributed by atoms with E-state index in [1.54, 1.807) is 0 Å². The molecule has 2 aromatic carbocycles. The van der Waals surface area contributed by atoms with Gasteiger partial charge in [-0.1, -0.05) is 50.2 Å². The Kier molecular flexibility index (Phi) is 4.92. The van der Waals surface area contributed by atoms with Crippen LogP contribution < -0.4 is 5.46 Å². The van der Waals surface area contributed by atoms with Crippen LogP contribution in [0.3, 0.4) is 0 Å². The van der Waals surface area contributed by atoms with E-state index < -0.39 is 8.32 Å². The van der Waals surface area contributed by atoms with Gasteiger partial charge in [0.15, 0.2) is 8.32 Å². The largest absolute Gasteiger partial charge is 0.495 e. The topological polar surface area (TPSA) is 38.7 Å². The van der Waals surface area contributed by atoms with Gasteiger partial charge in [-0.05, 0) is 74.0 Å². The van der Waals surface area contributed by atoms with Gasteiger partial charge >= 0.3 is 7.12 Å². The molecule has 1 aliphatic heterocycles. The van der Waals surface area contributed by atoms with Crippen LogP contribution in [0.4, 0.5) is 0 Å². The molecule has 0 aliphatic carbocycles. The number of benzene rings is 2. The van der Waals surface area contributed by atoms with Gasteiger partial charge in [0.1, 0.15) is 0 Å². The van der Waals surface area contributed by atoms with Gasteiger partial charge in [0.25, 0.3) is 0 Å². The van der Waals surface area contributed by atoms with Gasteiger partial charge in [0, 0.05) is 0 Å². The van der Waals surface area contributed by atoms with Crippen molar-refractivity contribution >= 4 is 31.7 Å². The lowest BCUT2D eigenvalue weighted by molar-refractivity contribution is 0.00578. The summed E-state index contributed by atoms with van der Waals surface area (Å²) in [5.74, 6) is 0. The smallest absolute Gasteiger partial charge is 0.432 e. The molecule has 0 radical (unpaired) electrons. The molecule has 146 valence electrons. The second kappa shape index (κ2) is 6.45. The Hall–Kier alpha value is -1.14. The second-order valence-electron chi connectivity index (χ2n) is 10.1. The van der Waals surface area contributed by atoms with Crippen LogP contribution in [0, 0.1) is 0 Å². The van der Waals surface area contributed by atoms with E-state index in [-0.39, 0.29) is 23.4 Å².